The quantitative estimate of drug-likeness (QED) is 0.385. The Morgan fingerprint density at radius 2 is 1.61 bits per heavy atom. The van der Waals surface area contributed by atoms with Crippen molar-refractivity contribution in [1.29, 1.82) is 0 Å². The third-order valence-corrected chi connectivity index (χ3v) is 7.84. The number of fused-ring (bicyclic) bond motifs is 1. The van der Waals surface area contributed by atoms with Crippen molar-refractivity contribution in [1.82, 2.24) is 9.79 Å². The molecule has 0 spiro atoms. The predicted octanol–water partition coefficient (Wildman–Crippen LogP) is 2.43. The maximum atomic E-state index is 13.7. The standard InChI is InChI=1S/C25H25N3O7S/c1-34-18-11-13-19(14-12-18)36(32,33)28-15-17-7-3-5-9-21(17)27(16-22(28)24(29)26-31)25(30)20-8-4-6-10-23(20)35-2/h3-14,22,31H,15-16H2,1-2H3,(H,26,29). The molecule has 3 aromatic rings. The van der Waals surface area contributed by atoms with Gasteiger partial charge >= 0.3 is 0 Å². The summed E-state index contributed by atoms with van der Waals surface area (Å²) in [6.45, 7) is -0.562. The number of benzene rings is 3. The van der Waals surface area contributed by atoms with Crippen molar-refractivity contribution >= 4 is 27.5 Å². The van der Waals surface area contributed by atoms with E-state index < -0.39 is 27.9 Å². The first kappa shape index (κ1) is 25.2. The molecule has 4 rings (SSSR count). The lowest BCUT2D eigenvalue weighted by Crippen LogP contribution is -2.53. The Kier molecular flexibility index (Phi) is 7.25. The van der Waals surface area contributed by atoms with Gasteiger partial charge in [0.1, 0.15) is 17.5 Å². The second kappa shape index (κ2) is 10.4. The number of methoxy groups -OCH3 is 2. The van der Waals surface area contributed by atoms with Gasteiger partial charge in [-0.15, -0.1) is 0 Å². The number of carbonyl (C=O) groups is 2. The molecule has 0 fully saturated rings. The lowest BCUT2D eigenvalue weighted by molar-refractivity contribution is -0.133. The molecule has 3 aromatic carbocycles. The Morgan fingerprint density at radius 1 is 0.944 bits per heavy atom. The van der Waals surface area contributed by atoms with Crippen LogP contribution in [0.5, 0.6) is 11.5 Å². The number of carbonyl (C=O) groups excluding carboxylic acids is 2. The molecule has 1 aliphatic heterocycles. The smallest absolute Gasteiger partial charge is 0.263 e. The molecule has 0 bridgehead atoms. The van der Waals surface area contributed by atoms with E-state index in [-0.39, 0.29) is 23.5 Å². The minimum Gasteiger partial charge on any atom is -0.497 e. The molecule has 0 saturated heterocycles. The maximum absolute atomic E-state index is 13.7. The number of hydrogen-bond acceptors (Lipinski definition) is 7. The third kappa shape index (κ3) is 4.63. The average Bonchev–Trinajstić information content (AvgIpc) is 3.10. The van der Waals surface area contributed by atoms with Gasteiger partial charge in [-0.1, -0.05) is 30.3 Å². The molecule has 188 valence electrons. The number of hydrogen-bond donors (Lipinski definition) is 2. The average molecular weight is 512 g/mol. The van der Waals surface area contributed by atoms with Gasteiger partial charge in [0.15, 0.2) is 0 Å². The molecule has 0 radical (unpaired) electrons. The van der Waals surface area contributed by atoms with E-state index in [1.54, 1.807) is 54.0 Å². The molecule has 2 N–H and O–H groups in total. The van der Waals surface area contributed by atoms with E-state index in [0.29, 0.717) is 22.7 Å². The van der Waals surface area contributed by atoms with E-state index in [4.69, 9.17) is 9.47 Å². The van der Waals surface area contributed by atoms with Gasteiger partial charge in [-0.25, -0.2) is 13.9 Å². The Morgan fingerprint density at radius 3 is 2.28 bits per heavy atom. The van der Waals surface area contributed by atoms with Crippen LogP contribution in [-0.2, 0) is 21.4 Å². The number of hydroxylamine groups is 1. The zero-order valence-corrected chi connectivity index (χ0v) is 20.4. The molecule has 1 heterocycles. The zero-order valence-electron chi connectivity index (χ0n) is 19.6. The van der Waals surface area contributed by atoms with Gasteiger partial charge in [0.2, 0.25) is 10.0 Å². The van der Waals surface area contributed by atoms with Crippen molar-refractivity contribution < 1.29 is 32.7 Å². The van der Waals surface area contributed by atoms with E-state index >= 15 is 0 Å². The SMILES string of the molecule is COc1ccc(S(=O)(=O)N2Cc3ccccc3N(C(=O)c3ccccc3OC)CC2C(=O)NO)cc1. The number of nitrogens with one attached hydrogen (secondary N) is 1. The Labute approximate surface area is 208 Å². The maximum Gasteiger partial charge on any atom is 0.263 e. The van der Waals surface area contributed by atoms with E-state index in [0.717, 1.165) is 4.31 Å². The molecule has 0 aromatic heterocycles. The van der Waals surface area contributed by atoms with Gasteiger partial charge in [0.25, 0.3) is 11.8 Å². The summed E-state index contributed by atoms with van der Waals surface area (Å²) < 4.78 is 38.9. The lowest BCUT2D eigenvalue weighted by Gasteiger charge is -2.30. The minimum absolute atomic E-state index is 0.0685. The summed E-state index contributed by atoms with van der Waals surface area (Å²) in [4.78, 5) is 27.8. The van der Waals surface area contributed by atoms with Crippen molar-refractivity contribution in [3.05, 3.63) is 83.9 Å². The second-order valence-electron chi connectivity index (χ2n) is 7.96. The molecule has 36 heavy (non-hydrogen) atoms. The summed E-state index contributed by atoms with van der Waals surface area (Å²) >= 11 is 0. The first-order valence-electron chi connectivity index (χ1n) is 10.9. The number of amides is 2. The van der Waals surface area contributed by atoms with Crippen LogP contribution in [-0.4, -0.2) is 56.6 Å². The highest BCUT2D eigenvalue weighted by molar-refractivity contribution is 7.89. The summed E-state index contributed by atoms with van der Waals surface area (Å²) in [5, 5.41) is 9.48. The van der Waals surface area contributed by atoms with Crippen LogP contribution < -0.4 is 19.9 Å². The van der Waals surface area contributed by atoms with Gasteiger partial charge in [-0.2, -0.15) is 4.31 Å². The summed E-state index contributed by atoms with van der Waals surface area (Å²) in [6.07, 6.45) is 0. The van der Waals surface area contributed by atoms with Gasteiger partial charge < -0.3 is 14.4 Å². The fraction of sp³-hybridized carbons (Fsp3) is 0.200. The first-order chi connectivity index (χ1) is 17.3. The normalized spacial score (nSPS) is 16.0. The van der Waals surface area contributed by atoms with Crippen LogP contribution in [0, 0.1) is 0 Å². The van der Waals surface area contributed by atoms with Crippen molar-refractivity contribution in [2.24, 2.45) is 0 Å². The van der Waals surface area contributed by atoms with E-state index in [1.807, 2.05) is 0 Å². The monoisotopic (exact) mass is 511 g/mol. The van der Waals surface area contributed by atoms with Gasteiger partial charge in [0, 0.05) is 12.2 Å². The van der Waals surface area contributed by atoms with Gasteiger partial charge in [-0.3, -0.25) is 14.8 Å². The summed E-state index contributed by atoms with van der Waals surface area (Å²) in [6, 6.07) is 17.7. The highest BCUT2D eigenvalue weighted by Gasteiger charge is 2.42. The molecular weight excluding hydrogens is 486 g/mol. The van der Waals surface area contributed by atoms with E-state index in [2.05, 4.69) is 0 Å². The molecular formula is C25H25N3O7S. The highest BCUT2D eigenvalue weighted by atomic mass is 32.2. The van der Waals surface area contributed by atoms with Crippen LogP contribution in [0.2, 0.25) is 0 Å². The molecule has 0 aliphatic carbocycles. The van der Waals surface area contributed by atoms with Crippen LogP contribution in [0.3, 0.4) is 0 Å². The summed E-state index contributed by atoms with van der Waals surface area (Å²) in [5.74, 6) is -0.666. The fourth-order valence-corrected chi connectivity index (χ4v) is 5.69. The topological polar surface area (TPSA) is 125 Å². The Balaban J connectivity index is 1.84. The third-order valence-electron chi connectivity index (χ3n) is 5.97. The first-order valence-corrected chi connectivity index (χ1v) is 12.4. The molecule has 0 saturated carbocycles. The molecule has 1 aliphatic rings. The molecule has 11 heteroatoms. The number of ether oxygens (including phenoxy) is 2. The molecule has 10 nitrogen and oxygen atoms in total. The number of nitrogens with zero attached hydrogens (tertiary/aromatic N) is 2. The van der Waals surface area contributed by atoms with Crippen LogP contribution in [0.4, 0.5) is 5.69 Å². The van der Waals surface area contributed by atoms with Crippen LogP contribution in [0.25, 0.3) is 0 Å². The molecule has 2 amide bonds. The molecule has 1 atom stereocenters. The number of anilines is 1. The predicted molar refractivity (Wildman–Crippen MR) is 131 cm³/mol. The molecule has 1 unspecified atom stereocenters. The van der Waals surface area contributed by atoms with Crippen molar-refractivity contribution in [3.8, 4) is 11.5 Å². The number of rotatable bonds is 6. The Bertz CT molecular complexity index is 1380. The highest BCUT2D eigenvalue weighted by Crippen LogP contribution is 2.33. The second-order valence-corrected chi connectivity index (χ2v) is 9.85. The van der Waals surface area contributed by atoms with Crippen molar-refractivity contribution in [2.45, 2.75) is 17.5 Å². The van der Waals surface area contributed by atoms with E-state index in [1.165, 1.54) is 43.4 Å². The largest absolute Gasteiger partial charge is 0.497 e. The lowest BCUT2D eigenvalue weighted by atomic mass is 10.1. The van der Waals surface area contributed by atoms with Crippen LogP contribution in [0.1, 0.15) is 15.9 Å². The fourth-order valence-electron chi connectivity index (χ4n) is 4.13. The summed E-state index contributed by atoms with van der Waals surface area (Å²) in [5.41, 5.74) is 2.74. The zero-order chi connectivity index (χ0) is 25.9. The van der Waals surface area contributed by atoms with Crippen molar-refractivity contribution in [2.75, 3.05) is 25.7 Å². The Hall–Kier alpha value is -3.93. The van der Waals surface area contributed by atoms with Crippen molar-refractivity contribution in [3.63, 3.8) is 0 Å². The van der Waals surface area contributed by atoms with Crippen LogP contribution >= 0.6 is 0 Å². The number of sulfonamides is 1. The number of para-hydroxylation sites is 2. The van der Waals surface area contributed by atoms with Gasteiger partial charge in [-0.05, 0) is 48.0 Å². The van der Waals surface area contributed by atoms with E-state index in [9.17, 15) is 23.2 Å². The van der Waals surface area contributed by atoms with Crippen LogP contribution in [0.15, 0.2) is 77.7 Å². The minimum atomic E-state index is -4.24. The summed E-state index contributed by atoms with van der Waals surface area (Å²) in [7, 11) is -1.34. The van der Waals surface area contributed by atoms with Gasteiger partial charge in [0.05, 0.1) is 31.2 Å².